The summed E-state index contributed by atoms with van der Waals surface area (Å²) < 4.78 is 1.88. The summed E-state index contributed by atoms with van der Waals surface area (Å²) in [5.41, 5.74) is 5.79. The molecule has 0 saturated heterocycles. The number of aliphatic hydroxyl groups excluding tert-OH is 1. The van der Waals surface area contributed by atoms with Crippen molar-refractivity contribution >= 4 is 11.0 Å². The second-order valence-corrected chi connectivity index (χ2v) is 5.50. The first-order valence-corrected chi connectivity index (χ1v) is 7.45. The molecule has 4 rings (SSSR count). The largest absolute Gasteiger partial charge is 0.392 e. The molecule has 0 aliphatic carbocycles. The Morgan fingerprint density at radius 2 is 2.13 bits per heavy atom. The summed E-state index contributed by atoms with van der Waals surface area (Å²) in [6, 6.07) is 11.8. The van der Waals surface area contributed by atoms with Crippen LogP contribution in [0.5, 0.6) is 0 Å². The fourth-order valence-corrected chi connectivity index (χ4v) is 2.85. The number of nitrogens with one attached hydrogen (secondary N) is 1. The third kappa shape index (κ3) is 2.31. The first kappa shape index (κ1) is 13.7. The summed E-state index contributed by atoms with van der Waals surface area (Å²) in [6.07, 6.45) is 5.67. The van der Waals surface area contributed by atoms with E-state index in [4.69, 9.17) is 0 Å². The van der Waals surface area contributed by atoms with Crippen LogP contribution < -0.4 is 0 Å². The maximum absolute atomic E-state index is 9.32. The Kier molecular flexibility index (Phi) is 3.20. The van der Waals surface area contributed by atoms with E-state index in [1.54, 1.807) is 6.20 Å². The lowest BCUT2D eigenvalue weighted by Gasteiger charge is -2.03. The Morgan fingerprint density at radius 1 is 1.22 bits per heavy atom. The highest BCUT2D eigenvalue weighted by Gasteiger charge is 2.11. The predicted octanol–water partition coefficient (Wildman–Crippen LogP) is 3.22. The highest BCUT2D eigenvalue weighted by Crippen LogP contribution is 2.27. The van der Waals surface area contributed by atoms with Crippen molar-refractivity contribution in [2.75, 3.05) is 0 Å². The van der Waals surface area contributed by atoms with Crippen LogP contribution in [0.15, 0.2) is 55.0 Å². The normalized spacial score (nSPS) is 11.2. The summed E-state index contributed by atoms with van der Waals surface area (Å²) in [5, 5.41) is 15.0. The van der Waals surface area contributed by atoms with Crippen molar-refractivity contribution in [2.45, 2.75) is 13.5 Å². The first-order valence-electron chi connectivity index (χ1n) is 7.45. The highest BCUT2D eigenvalue weighted by atomic mass is 16.3. The van der Waals surface area contributed by atoms with E-state index in [0.29, 0.717) is 0 Å². The molecular formula is C18H16N4O. The third-order valence-corrected chi connectivity index (χ3v) is 4.00. The fourth-order valence-electron chi connectivity index (χ4n) is 2.85. The van der Waals surface area contributed by atoms with Crippen LogP contribution in [-0.2, 0) is 6.61 Å². The number of benzene rings is 1. The lowest BCUT2D eigenvalue weighted by atomic mass is 10.0. The Balaban J connectivity index is 1.85. The number of aryl methyl sites for hydroxylation is 1. The molecule has 5 nitrogen and oxygen atoms in total. The lowest BCUT2D eigenvalue weighted by molar-refractivity contribution is 0.282. The van der Waals surface area contributed by atoms with Gasteiger partial charge in [0.05, 0.1) is 18.0 Å². The number of hydrogen-bond acceptors (Lipinski definition) is 3. The Bertz CT molecular complexity index is 984. The zero-order chi connectivity index (χ0) is 15.8. The van der Waals surface area contributed by atoms with Crippen molar-refractivity contribution in [3.8, 4) is 16.8 Å². The second-order valence-electron chi connectivity index (χ2n) is 5.50. The molecule has 23 heavy (non-hydrogen) atoms. The van der Waals surface area contributed by atoms with Gasteiger partial charge in [0.2, 0.25) is 0 Å². The van der Waals surface area contributed by atoms with E-state index in [-0.39, 0.29) is 6.61 Å². The fraction of sp³-hybridized carbons (Fsp3) is 0.111. The van der Waals surface area contributed by atoms with Crippen molar-refractivity contribution in [1.29, 1.82) is 0 Å². The van der Waals surface area contributed by atoms with Crippen molar-refractivity contribution in [1.82, 2.24) is 19.7 Å². The van der Waals surface area contributed by atoms with E-state index in [2.05, 4.69) is 15.1 Å². The van der Waals surface area contributed by atoms with Gasteiger partial charge in [-0.05, 0) is 36.2 Å². The first-order chi connectivity index (χ1) is 11.3. The average molecular weight is 304 g/mol. The van der Waals surface area contributed by atoms with Gasteiger partial charge in [0, 0.05) is 29.5 Å². The van der Waals surface area contributed by atoms with E-state index < -0.39 is 0 Å². The van der Waals surface area contributed by atoms with E-state index in [1.165, 1.54) is 0 Å². The number of fused-ring (bicyclic) bond motifs is 1. The molecule has 0 spiro atoms. The summed E-state index contributed by atoms with van der Waals surface area (Å²) in [5.74, 6) is 0. The zero-order valence-electron chi connectivity index (χ0n) is 12.7. The van der Waals surface area contributed by atoms with Crippen molar-refractivity contribution in [3.05, 3.63) is 66.2 Å². The van der Waals surface area contributed by atoms with Crippen molar-refractivity contribution in [3.63, 3.8) is 0 Å². The molecule has 0 amide bonds. The molecular weight excluding hydrogens is 288 g/mol. The van der Waals surface area contributed by atoms with Crippen LogP contribution >= 0.6 is 0 Å². The second kappa shape index (κ2) is 5.37. The quantitative estimate of drug-likeness (QED) is 0.611. The number of nitrogens with zero attached hydrogens (tertiary/aromatic N) is 3. The van der Waals surface area contributed by atoms with Gasteiger partial charge in [-0.2, -0.15) is 5.10 Å². The van der Waals surface area contributed by atoms with E-state index in [9.17, 15) is 5.11 Å². The van der Waals surface area contributed by atoms with Gasteiger partial charge in [-0.3, -0.25) is 0 Å². The standard InChI is InChI=1S/C18H16N4O/c1-12-16(14-4-2-3-13(9-14)11-23)10-22(21-12)17-6-8-20-18-15(17)5-7-19-18/h2-10,23H,11H2,1H3,(H,19,20). The van der Waals surface area contributed by atoms with Gasteiger partial charge in [0.1, 0.15) is 5.65 Å². The number of hydrogen-bond donors (Lipinski definition) is 2. The average Bonchev–Trinajstić information content (AvgIpc) is 3.21. The summed E-state index contributed by atoms with van der Waals surface area (Å²) in [7, 11) is 0. The Hall–Kier alpha value is -2.92. The minimum absolute atomic E-state index is 0.0371. The molecule has 0 atom stereocenters. The molecule has 4 aromatic rings. The number of aromatic amines is 1. The van der Waals surface area contributed by atoms with Crippen LogP contribution in [0.4, 0.5) is 0 Å². The van der Waals surface area contributed by atoms with Gasteiger partial charge in [0.15, 0.2) is 0 Å². The van der Waals surface area contributed by atoms with Gasteiger partial charge in [-0.15, -0.1) is 0 Å². The minimum Gasteiger partial charge on any atom is -0.392 e. The predicted molar refractivity (Wildman–Crippen MR) is 89.3 cm³/mol. The topological polar surface area (TPSA) is 66.7 Å². The van der Waals surface area contributed by atoms with E-state index in [0.717, 1.165) is 39.1 Å². The van der Waals surface area contributed by atoms with Gasteiger partial charge in [-0.25, -0.2) is 9.67 Å². The molecule has 0 aliphatic rings. The van der Waals surface area contributed by atoms with Crippen LogP contribution in [0.25, 0.3) is 27.8 Å². The molecule has 3 aromatic heterocycles. The van der Waals surface area contributed by atoms with Crippen molar-refractivity contribution < 1.29 is 5.11 Å². The number of H-pyrrole nitrogens is 1. The van der Waals surface area contributed by atoms with Gasteiger partial charge in [-0.1, -0.05) is 18.2 Å². The molecule has 3 heterocycles. The third-order valence-electron chi connectivity index (χ3n) is 4.00. The molecule has 0 saturated carbocycles. The Labute approximate surface area is 133 Å². The number of aliphatic hydroxyl groups is 1. The van der Waals surface area contributed by atoms with Crippen LogP contribution in [0.3, 0.4) is 0 Å². The smallest absolute Gasteiger partial charge is 0.139 e. The van der Waals surface area contributed by atoms with Crippen molar-refractivity contribution in [2.24, 2.45) is 0 Å². The molecule has 0 bridgehead atoms. The van der Waals surface area contributed by atoms with Gasteiger partial charge < -0.3 is 10.1 Å². The summed E-state index contributed by atoms with van der Waals surface area (Å²) in [4.78, 5) is 7.43. The van der Waals surface area contributed by atoms with Crippen LogP contribution in [0, 0.1) is 6.92 Å². The zero-order valence-corrected chi connectivity index (χ0v) is 12.7. The molecule has 0 aliphatic heterocycles. The lowest BCUT2D eigenvalue weighted by Crippen LogP contribution is -1.96. The monoisotopic (exact) mass is 304 g/mol. The molecule has 0 radical (unpaired) electrons. The SMILES string of the molecule is Cc1nn(-c2ccnc3[nH]ccc23)cc1-c1cccc(CO)c1. The van der Waals surface area contributed by atoms with Crippen LogP contribution in [0.1, 0.15) is 11.3 Å². The summed E-state index contributed by atoms with van der Waals surface area (Å²) in [6.45, 7) is 2.03. The maximum Gasteiger partial charge on any atom is 0.139 e. The number of aromatic nitrogens is 4. The highest BCUT2D eigenvalue weighted by molar-refractivity contribution is 5.84. The summed E-state index contributed by atoms with van der Waals surface area (Å²) >= 11 is 0. The van der Waals surface area contributed by atoms with Crippen LogP contribution in [-0.4, -0.2) is 24.9 Å². The maximum atomic E-state index is 9.32. The molecule has 0 unspecified atom stereocenters. The van der Waals surface area contributed by atoms with Gasteiger partial charge >= 0.3 is 0 Å². The van der Waals surface area contributed by atoms with E-state index >= 15 is 0 Å². The van der Waals surface area contributed by atoms with Crippen LogP contribution in [0.2, 0.25) is 0 Å². The molecule has 0 fully saturated rings. The minimum atomic E-state index is 0.0371. The van der Waals surface area contributed by atoms with Gasteiger partial charge in [0.25, 0.3) is 0 Å². The number of pyridine rings is 1. The van der Waals surface area contributed by atoms with E-state index in [1.807, 2.05) is 60.4 Å². The molecule has 1 aromatic carbocycles. The molecule has 5 heteroatoms. The Morgan fingerprint density at radius 3 is 3.00 bits per heavy atom. The number of rotatable bonds is 3. The molecule has 114 valence electrons. The molecule has 2 N–H and O–H groups in total.